The van der Waals surface area contributed by atoms with Crippen LogP contribution in [-0.2, 0) is 4.79 Å². The van der Waals surface area contributed by atoms with Crippen LogP contribution in [0.3, 0.4) is 0 Å². The van der Waals surface area contributed by atoms with Gasteiger partial charge in [0.2, 0.25) is 5.91 Å². The Hall–Kier alpha value is -0.510. The van der Waals surface area contributed by atoms with E-state index < -0.39 is 0 Å². The van der Waals surface area contributed by atoms with E-state index in [2.05, 4.69) is 4.72 Å². The van der Waals surface area contributed by atoms with Gasteiger partial charge in [0.25, 0.3) is 0 Å². The highest BCUT2D eigenvalue weighted by molar-refractivity contribution is 8.13. The molecule has 0 aromatic heterocycles. The van der Waals surface area contributed by atoms with Crippen molar-refractivity contribution in [3.05, 3.63) is 0 Å². The van der Waals surface area contributed by atoms with Crippen LogP contribution in [0.5, 0.6) is 0 Å². The van der Waals surface area contributed by atoms with Crippen molar-refractivity contribution in [2.45, 2.75) is 6.42 Å². The van der Waals surface area contributed by atoms with Crippen LogP contribution in [0.25, 0.3) is 0 Å². The Labute approximate surface area is 45.1 Å². The Bertz CT molecular complexity index is 108. The van der Waals surface area contributed by atoms with Gasteiger partial charge in [-0.1, -0.05) is 0 Å². The third-order valence-corrected chi connectivity index (χ3v) is 1.33. The highest BCUT2D eigenvalue weighted by atomic mass is 32.2. The van der Waals surface area contributed by atoms with Crippen LogP contribution in [0.15, 0.2) is 0 Å². The molecule has 1 heterocycles. The molecular weight excluding hydrogens is 112 g/mol. The monoisotopic (exact) mass is 116 g/mol. The Balaban J connectivity index is 2.55. The summed E-state index contributed by atoms with van der Waals surface area (Å²) in [4.78, 5) is 10.2. The van der Waals surface area contributed by atoms with E-state index in [0.29, 0.717) is 5.04 Å². The summed E-state index contributed by atoms with van der Waals surface area (Å²) in [6, 6.07) is 0. The summed E-state index contributed by atoms with van der Waals surface area (Å²) < 4.78 is 2.42. The molecule has 0 aliphatic carbocycles. The molecule has 7 heavy (non-hydrogen) atoms. The van der Waals surface area contributed by atoms with Crippen LogP contribution in [0.4, 0.5) is 0 Å². The third-order valence-electron chi connectivity index (χ3n) is 0.609. The van der Waals surface area contributed by atoms with Gasteiger partial charge in [0.1, 0.15) is 0 Å². The molecule has 0 radical (unpaired) electrons. The largest absolute Gasteiger partial charge is 0.296 e. The maximum Gasteiger partial charge on any atom is 0.236 e. The predicted molar refractivity (Wildman–Crippen MR) is 28.1 cm³/mol. The van der Waals surface area contributed by atoms with Gasteiger partial charge in [0.15, 0.2) is 0 Å². The Morgan fingerprint density at radius 2 is 2.57 bits per heavy atom. The molecule has 0 aromatic carbocycles. The average molecular weight is 116 g/mol. The maximum absolute atomic E-state index is 10.2. The van der Waals surface area contributed by atoms with Crippen molar-refractivity contribution < 1.29 is 4.79 Å². The molecule has 0 saturated carbocycles. The van der Waals surface area contributed by atoms with E-state index in [1.54, 1.807) is 0 Å². The molecule has 0 atom stereocenters. The topological polar surface area (TPSA) is 53.0 Å². The minimum atomic E-state index is -0.0602. The van der Waals surface area contributed by atoms with Gasteiger partial charge in [-0.25, -0.2) is 0 Å². The van der Waals surface area contributed by atoms with E-state index in [9.17, 15) is 4.79 Å². The first-order valence-electron chi connectivity index (χ1n) is 1.82. The van der Waals surface area contributed by atoms with E-state index in [1.807, 2.05) is 0 Å². The molecule has 3 nitrogen and oxygen atoms in total. The number of amides is 1. The molecule has 0 bridgehead atoms. The normalized spacial score (nSPS) is 20.0. The van der Waals surface area contributed by atoms with Crippen molar-refractivity contribution in [3.8, 4) is 0 Å². The summed E-state index contributed by atoms with van der Waals surface area (Å²) in [6.45, 7) is 0. The van der Waals surface area contributed by atoms with Crippen molar-refractivity contribution in [2.24, 2.45) is 0 Å². The fourth-order valence-corrected chi connectivity index (χ4v) is 0.849. The van der Waals surface area contributed by atoms with Gasteiger partial charge < -0.3 is 0 Å². The molecule has 1 aliphatic heterocycles. The summed E-state index contributed by atoms with van der Waals surface area (Å²) in [6.07, 6.45) is 0.269. The standard InChI is InChI=1S/C3H4N2OS/c4-2-1-3(6)5-7-2/h4H,1H2,(H,5,6). The Morgan fingerprint density at radius 1 is 1.86 bits per heavy atom. The Morgan fingerprint density at radius 3 is 2.71 bits per heavy atom. The van der Waals surface area contributed by atoms with Crippen LogP contribution in [0.2, 0.25) is 0 Å². The van der Waals surface area contributed by atoms with Gasteiger partial charge in [-0.05, 0) is 0 Å². The molecule has 0 spiro atoms. The van der Waals surface area contributed by atoms with Crippen LogP contribution in [0, 0.1) is 5.41 Å². The minimum Gasteiger partial charge on any atom is -0.296 e. The van der Waals surface area contributed by atoms with Crippen molar-refractivity contribution in [3.63, 3.8) is 0 Å². The zero-order chi connectivity index (χ0) is 5.28. The molecule has 1 aliphatic rings. The SMILES string of the molecule is N=C1CC(=O)NS1. The van der Waals surface area contributed by atoms with Gasteiger partial charge in [-0.3, -0.25) is 14.9 Å². The van der Waals surface area contributed by atoms with Crippen molar-refractivity contribution in [1.82, 2.24) is 4.72 Å². The molecule has 38 valence electrons. The molecule has 1 rings (SSSR count). The molecule has 0 aromatic rings. The number of hydrogen-bond acceptors (Lipinski definition) is 3. The zero-order valence-corrected chi connectivity index (χ0v) is 4.34. The highest BCUT2D eigenvalue weighted by Crippen LogP contribution is 2.08. The summed E-state index contributed by atoms with van der Waals surface area (Å²) in [5, 5.41) is 7.27. The second kappa shape index (κ2) is 1.54. The van der Waals surface area contributed by atoms with E-state index in [4.69, 9.17) is 5.41 Å². The fraction of sp³-hybridized carbons (Fsp3) is 0.333. The van der Waals surface area contributed by atoms with Crippen LogP contribution in [0.1, 0.15) is 6.42 Å². The van der Waals surface area contributed by atoms with Crippen LogP contribution in [-0.4, -0.2) is 11.0 Å². The molecule has 4 heteroatoms. The van der Waals surface area contributed by atoms with Crippen molar-refractivity contribution in [1.29, 1.82) is 5.41 Å². The lowest BCUT2D eigenvalue weighted by Gasteiger charge is -1.78. The predicted octanol–water partition coefficient (Wildman–Crippen LogP) is 0.132. The first-order valence-corrected chi connectivity index (χ1v) is 2.64. The van der Waals surface area contributed by atoms with Crippen molar-refractivity contribution >= 4 is 22.9 Å². The third kappa shape index (κ3) is 0.928. The van der Waals surface area contributed by atoms with Crippen molar-refractivity contribution in [2.75, 3.05) is 0 Å². The lowest BCUT2D eigenvalue weighted by atomic mass is 10.5. The number of nitrogens with one attached hydrogen (secondary N) is 2. The maximum atomic E-state index is 10.2. The number of carbonyl (C=O) groups is 1. The van der Waals surface area contributed by atoms with Gasteiger partial charge in [0.05, 0.1) is 11.5 Å². The zero-order valence-electron chi connectivity index (χ0n) is 3.52. The summed E-state index contributed by atoms with van der Waals surface area (Å²) in [7, 11) is 0. The van der Waals surface area contributed by atoms with Gasteiger partial charge in [-0.15, -0.1) is 0 Å². The summed E-state index contributed by atoms with van der Waals surface area (Å²) >= 11 is 1.09. The van der Waals surface area contributed by atoms with Crippen LogP contribution >= 0.6 is 11.9 Å². The number of carbonyl (C=O) groups excluding carboxylic acids is 1. The van der Waals surface area contributed by atoms with Gasteiger partial charge >= 0.3 is 0 Å². The smallest absolute Gasteiger partial charge is 0.236 e. The number of hydrogen-bond donors (Lipinski definition) is 2. The quantitative estimate of drug-likeness (QED) is 0.442. The minimum absolute atomic E-state index is 0.0602. The summed E-state index contributed by atoms with van der Waals surface area (Å²) in [5.74, 6) is -0.0602. The second-order valence-corrected chi connectivity index (χ2v) is 2.13. The van der Waals surface area contributed by atoms with Gasteiger partial charge in [0, 0.05) is 11.9 Å². The average Bonchev–Trinajstić information content (AvgIpc) is 1.87. The molecule has 2 N–H and O–H groups in total. The van der Waals surface area contributed by atoms with E-state index in [-0.39, 0.29) is 12.3 Å². The van der Waals surface area contributed by atoms with Crippen LogP contribution < -0.4 is 4.72 Å². The second-order valence-electron chi connectivity index (χ2n) is 1.23. The molecule has 1 fully saturated rings. The lowest BCUT2D eigenvalue weighted by Crippen LogP contribution is -2.04. The van der Waals surface area contributed by atoms with E-state index in [1.165, 1.54) is 0 Å². The molecule has 1 saturated heterocycles. The van der Waals surface area contributed by atoms with E-state index in [0.717, 1.165) is 11.9 Å². The Kier molecular flexibility index (Phi) is 1.02. The number of rotatable bonds is 0. The molecule has 0 unspecified atom stereocenters. The molecular formula is C3H4N2OS. The lowest BCUT2D eigenvalue weighted by molar-refractivity contribution is -0.117. The molecule has 1 amide bonds. The fourth-order valence-electron chi connectivity index (χ4n) is 0.337. The summed E-state index contributed by atoms with van der Waals surface area (Å²) in [5.41, 5.74) is 0. The first kappa shape index (κ1) is 4.64. The van der Waals surface area contributed by atoms with Gasteiger partial charge in [-0.2, -0.15) is 0 Å². The first-order chi connectivity index (χ1) is 3.29. The highest BCUT2D eigenvalue weighted by Gasteiger charge is 2.14. The van der Waals surface area contributed by atoms with E-state index >= 15 is 0 Å².